The summed E-state index contributed by atoms with van der Waals surface area (Å²) in [5, 5.41) is 8.15. The van der Waals surface area contributed by atoms with E-state index in [1.807, 2.05) is 46.8 Å². The maximum absolute atomic E-state index is 10.9. The lowest BCUT2D eigenvalue weighted by Gasteiger charge is -2.02. The molecule has 0 spiro atoms. The van der Waals surface area contributed by atoms with E-state index in [1.165, 1.54) is 0 Å². The van der Waals surface area contributed by atoms with Crippen molar-refractivity contribution in [3.8, 4) is 0 Å². The zero-order chi connectivity index (χ0) is 13.1. The Balaban J connectivity index is 0. The molecule has 0 aliphatic carbocycles. The number of carbonyl (C=O) groups excluding carboxylic acids is 1. The van der Waals surface area contributed by atoms with Gasteiger partial charge in [-0.25, -0.2) is 4.79 Å². The minimum atomic E-state index is -0.712. The van der Waals surface area contributed by atoms with Crippen molar-refractivity contribution >= 4 is 5.97 Å². The van der Waals surface area contributed by atoms with Crippen LogP contribution in [0.15, 0.2) is 18.2 Å². The van der Waals surface area contributed by atoms with Crippen molar-refractivity contribution in [1.82, 2.24) is 0 Å². The normalized spacial score (nSPS) is 7.94. The average Bonchev–Trinajstić information content (AvgIpc) is 2.36. The first kappa shape index (κ1) is 17.1. The Morgan fingerprint density at radius 2 is 1.62 bits per heavy atom. The van der Waals surface area contributed by atoms with Crippen LogP contribution in [0.3, 0.4) is 0 Å². The van der Waals surface area contributed by atoms with Crippen LogP contribution in [0.1, 0.15) is 49.2 Å². The summed E-state index contributed by atoms with van der Waals surface area (Å²) in [5.41, 5.74) is 2.15. The van der Waals surface area contributed by atoms with Crippen molar-refractivity contribution in [2.45, 2.75) is 41.5 Å². The largest absolute Gasteiger partial charge is 0.373 e. The molecule has 16 heavy (non-hydrogen) atoms. The molecule has 0 aliphatic rings. The molecule has 1 aromatic rings. The molecule has 92 valence electrons. The summed E-state index contributed by atoms with van der Waals surface area (Å²) in [4.78, 5) is 14.5. The van der Waals surface area contributed by atoms with Crippen LogP contribution >= 0.6 is 0 Å². The minimum absolute atomic E-state index is 0.400. The van der Waals surface area contributed by atoms with Crippen molar-refractivity contribution < 1.29 is 14.9 Å². The third-order valence-corrected chi connectivity index (χ3v) is 1.70. The number of benzene rings is 1. The van der Waals surface area contributed by atoms with Crippen LogP contribution in [-0.4, -0.2) is 11.2 Å². The van der Waals surface area contributed by atoms with Crippen molar-refractivity contribution in [2.75, 3.05) is 0 Å². The molecule has 0 heterocycles. The van der Waals surface area contributed by atoms with Crippen LogP contribution in [0.4, 0.5) is 0 Å². The van der Waals surface area contributed by atoms with Gasteiger partial charge < -0.3 is 0 Å². The predicted molar refractivity (Wildman–Crippen MR) is 66.7 cm³/mol. The van der Waals surface area contributed by atoms with Crippen molar-refractivity contribution in [3.63, 3.8) is 0 Å². The summed E-state index contributed by atoms with van der Waals surface area (Å²) in [7, 11) is 0. The Labute approximate surface area is 98.0 Å². The first-order valence-corrected chi connectivity index (χ1v) is 5.58. The van der Waals surface area contributed by atoms with Crippen molar-refractivity contribution in [1.29, 1.82) is 0 Å². The second-order valence-electron chi connectivity index (χ2n) is 2.70. The summed E-state index contributed by atoms with van der Waals surface area (Å²) in [6, 6.07) is 5.37. The fraction of sp³-hybridized carbons (Fsp3) is 0.462. The molecule has 1 aromatic carbocycles. The van der Waals surface area contributed by atoms with Gasteiger partial charge in [0.15, 0.2) is 0 Å². The highest BCUT2D eigenvalue weighted by Crippen LogP contribution is 2.11. The van der Waals surface area contributed by atoms with Gasteiger partial charge in [0.2, 0.25) is 0 Å². The molecule has 1 rings (SSSR count). The van der Waals surface area contributed by atoms with E-state index in [2.05, 4.69) is 4.89 Å². The van der Waals surface area contributed by atoms with E-state index >= 15 is 0 Å². The second-order valence-corrected chi connectivity index (χ2v) is 2.70. The van der Waals surface area contributed by atoms with Gasteiger partial charge in [0, 0.05) is 0 Å². The fourth-order valence-electron chi connectivity index (χ4n) is 1.00. The Hall–Kier alpha value is -1.35. The molecule has 0 saturated carbocycles. The molecule has 0 radical (unpaired) electrons. The highest BCUT2D eigenvalue weighted by molar-refractivity contribution is 5.90. The maximum Gasteiger partial charge on any atom is 0.373 e. The smallest absolute Gasteiger partial charge is 0.295 e. The quantitative estimate of drug-likeness (QED) is 0.582. The lowest BCUT2D eigenvalue weighted by Crippen LogP contribution is -2.04. The van der Waals surface area contributed by atoms with Gasteiger partial charge in [-0.05, 0) is 25.5 Å². The lowest BCUT2D eigenvalue weighted by atomic mass is 10.1. The average molecular weight is 226 g/mol. The topological polar surface area (TPSA) is 46.5 Å². The van der Waals surface area contributed by atoms with Gasteiger partial charge in [-0.3, -0.25) is 4.89 Å². The summed E-state index contributed by atoms with van der Waals surface area (Å²) in [5.74, 6) is -0.712. The summed E-state index contributed by atoms with van der Waals surface area (Å²) < 4.78 is 0. The summed E-state index contributed by atoms with van der Waals surface area (Å²) >= 11 is 0. The number of aryl methyl sites for hydroxylation is 2. The Morgan fingerprint density at radius 1 is 1.12 bits per heavy atom. The summed E-state index contributed by atoms with van der Waals surface area (Å²) in [6.07, 6.45) is 0. The maximum atomic E-state index is 10.9. The van der Waals surface area contributed by atoms with Crippen LogP contribution in [0, 0.1) is 13.8 Å². The fourth-order valence-corrected chi connectivity index (χ4v) is 1.00. The van der Waals surface area contributed by atoms with E-state index in [9.17, 15) is 4.79 Å². The van der Waals surface area contributed by atoms with E-state index in [-0.39, 0.29) is 0 Å². The van der Waals surface area contributed by atoms with Gasteiger partial charge in [-0.15, -0.1) is 0 Å². The third kappa shape index (κ3) is 5.51. The number of rotatable bonds is 1. The standard InChI is InChI=1S/C9H10O3.2C2H6/c1-6-3-4-7(2)8(5-6)9(10)12-11;2*1-2/h3-5,11H,1-2H3;2*1-2H3. The SMILES string of the molecule is CC.CC.Cc1ccc(C)c(C(=O)OO)c1. The van der Waals surface area contributed by atoms with Crippen LogP contribution in [0.25, 0.3) is 0 Å². The van der Waals surface area contributed by atoms with Crippen LogP contribution in [0.5, 0.6) is 0 Å². The van der Waals surface area contributed by atoms with E-state index in [0.29, 0.717) is 5.56 Å². The van der Waals surface area contributed by atoms with Gasteiger partial charge >= 0.3 is 5.97 Å². The minimum Gasteiger partial charge on any atom is -0.295 e. The van der Waals surface area contributed by atoms with Gasteiger partial charge in [0.25, 0.3) is 0 Å². The van der Waals surface area contributed by atoms with Crippen LogP contribution in [0.2, 0.25) is 0 Å². The molecule has 0 fully saturated rings. The molecule has 0 aliphatic heterocycles. The molecule has 0 atom stereocenters. The molecule has 0 amide bonds. The third-order valence-electron chi connectivity index (χ3n) is 1.70. The first-order valence-electron chi connectivity index (χ1n) is 5.58. The number of hydrogen-bond acceptors (Lipinski definition) is 3. The zero-order valence-electron chi connectivity index (χ0n) is 11.0. The van der Waals surface area contributed by atoms with Gasteiger partial charge in [-0.1, -0.05) is 45.4 Å². The number of carbonyl (C=O) groups is 1. The molecule has 0 aromatic heterocycles. The van der Waals surface area contributed by atoms with Gasteiger partial charge in [-0.2, -0.15) is 5.26 Å². The van der Waals surface area contributed by atoms with Crippen LogP contribution in [-0.2, 0) is 4.89 Å². The molecular formula is C13H22O3. The van der Waals surface area contributed by atoms with Crippen molar-refractivity contribution in [3.05, 3.63) is 34.9 Å². The highest BCUT2D eigenvalue weighted by Gasteiger charge is 2.09. The first-order chi connectivity index (χ1) is 7.65. The van der Waals surface area contributed by atoms with Crippen molar-refractivity contribution in [2.24, 2.45) is 0 Å². The summed E-state index contributed by atoms with van der Waals surface area (Å²) in [6.45, 7) is 11.7. The predicted octanol–water partition coefficient (Wildman–Crippen LogP) is 3.99. The van der Waals surface area contributed by atoms with Gasteiger partial charge in [0.1, 0.15) is 0 Å². The second kappa shape index (κ2) is 10.2. The molecule has 1 N–H and O–H groups in total. The van der Waals surface area contributed by atoms with Crippen LogP contribution < -0.4 is 0 Å². The monoisotopic (exact) mass is 226 g/mol. The molecule has 3 heteroatoms. The van der Waals surface area contributed by atoms with E-state index in [1.54, 1.807) is 13.0 Å². The van der Waals surface area contributed by atoms with E-state index in [0.717, 1.165) is 11.1 Å². The molecule has 0 unspecified atom stereocenters. The molecule has 0 saturated heterocycles. The Morgan fingerprint density at radius 3 is 2.06 bits per heavy atom. The van der Waals surface area contributed by atoms with E-state index in [4.69, 9.17) is 5.26 Å². The number of hydrogen-bond donors (Lipinski definition) is 1. The lowest BCUT2D eigenvalue weighted by molar-refractivity contribution is -0.182. The molecular weight excluding hydrogens is 204 g/mol. The highest BCUT2D eigenvalue weighted by atomic mass is 17.1. The zero-order valence-corrected chi connectivity index (χ0v) is 11.0. The van der Waals surface area contributed by atoms with E-state index < -0.39 is 5.97 Å². The molecule has 3 nitrogen and oxygen atoms in total. The Kier molecular flexibility index (Phi) is 10.9. The van der Waals surface area contributed by atoms with Gasteiger partial charge in [0.05, 0.1) is 5.56 Å². The molecule has 0 bridgehead atoms. The Bertz CT molecular complexity index is 306.